The molecular formula is C9H17N. The number of hydrogen-bond acceptors (Lipinski definition) is 1. The molecule has 1 fully saturated rings. The molecule has 2 N–H and O–H groups in total. The number of allylic oxidation sites excluding steroid dienone is 1. The highest BCUT2D eigenvalue weighted by atomic mass is 14.5. The van der Waals surface area contributed by atoms with Gasteiger partial charge in [0.25, 0.3) is 0 Å². The van der Waals surface area contributed by atoms with Crippen LogP contribution in [-0.4, -0.2) is 6.54 Å². The lowest BCUT2D eigenvalue weighted by atomic mass is 9.82. The Hall–Kier alpha value is -0.300. The van der Waals surface area contributed by atoms with Gasteiger partial charge in [-0.2, -0.15) is 0 Å². The van der Waals surface area contributed by atoms with E-state index in [4.69, 9.17) is 5.73 Å². The first-order valence-corrected chi connectivity index (χ1v) is 4.19. The second-order valence-corrected chi connectivity index (χ2v) is 3.26. The molecule has 0 aromatic rings. The predicted molar refractivity (Wildman–Crippen MR) is 44.7 cm³/mol. The first-order chi connectivity index (χ1) is 4.86. The topological polar surface area (TPSA) is 26.0 Å². The van der Waals surface area contributed by atoms with Crippen LogP contribution in [0, 0.1) is 11.8 Å². The molecule has 2 unspecified atom stereocenters. The lowest BCUT2D eigenvalue weighted by molar-refractivity contribution is 0.311. The van der Waals surface area contributed by atoms with E-state index in [1.165, 1.54) is 25.7 Å². The zero-order chi connectivity index (χ0) is 7.40. The summed E-state index contributed by atoms with van der Waals surface area (Å²) in [4.78, 5) is 0. The van der Waals surface area contributed by atoms with Crippen molar-refractivity contribution in [3.63, 3.8) is 0 Å². The van der Waals surface area contributed by atoms with Crippen molar-refractivity contribution < 1.29 is 0 Å². The van der Waals surface area contributed by atoms with E-state index >= 15 is 0 Å². The second kappa shape index (κ2) is 3.77. The minimum absolute atomic E-state index is 0.752. The van der Waals surface area contributed by atoms with Gasteiger partial charge in [0.15, 0.2) is 0 Å². The first-order valence-electron chi connectivity index (χ1n) is 4.19. The van der Waals surface area contributed by atoms with Crippen molar-refractivity contribution >= 4 is 0 Å². The average Bonchev–Trinajstić information content (AvgIpc) is 2.05. The molecule has 2 atom stereocenters. The zero-order valence-electron chi connectivity index (χ0n) is 6.55. The fourth-order valence-electron chi connectivity index (χ4n) is 1.76. The van der Waals surface area contributed by atoms with Gasteiger partial charge in [0.05, 0.1) is 0 Å². The SMILES string of the molecule is C=CC1CCCC(CN)C1. The largest absolute Gasteiger partial charge is 0.330 e. The van der Waals surface area contributed by atoms with E-state index in [1.807, 2.05) is 0 Å². The van der Waals surface area contributed by atoms with Gasteiger partial charge in [-0.25, -0.2) is 0 Å². The Morgan fingerprint density at radius 2 is 2.30 bits per heavy atom. The molecule has 0 heterocycles. The molecule has 1 heteroatoms. The standard InChI is InChI=1S/C9H17N/c1-2-8-4-3-5-9(6-8)7-10/h2,8-9H,1,3-7,10H2. The van der Waals surface area contributed by atoms with Gasteiger partial charge < -0.3 is 5.73 Å². The van der Waals surface area contributed by atoms with Crippen LogP contribution in [0.5, 0.6) is 0 Å². The van der Waals surface area contributed by atoms with Gasteiger partial charge in [0.1, 0.15) is 0 Å². The minimum atomic E-state index is 0.752. The Balaban J connectivity index is 2.31. The molecule has 0 saturated heterocycles. The Bertz CT molecular complexity index is 109. The Morgan fingerprint density at radius 3 is 2.90 bits per heavy atom. The summed E-state index contributed by atoms with van der Waals surface area (Å²) < 4.78 is 0. The normalized spacial score (nSPS) is 33.7. The fraction of sp³-hybridized carbons (Fsp3) is 0.778. The predicted octanol–water partition coefficient (Wildman–Crippen LogP) is 1.94. The molecule has 0 aliphatic heterocycles. The summed E-state index contributed by atoms with van der Waals surface area (Å²) in [6, 6.07) is 0. The highest BCUT2D eigenvalue weighted by molar-refractivity contribution is 4.84. The zero-order valence-corrected chi connectivity index (χ0v) is 6.55. The fourth-order valence-corrected chi connectivity index (χ4v) is 1.76. The molecule has 1 aliphatic carbocycles. The Morgan fingerprint density at radius 1 is 1.50 bits per heavy atom. The summed E-state index contributed by atoms with van der Waals surface area (Å²) >= 11 is 0. The Kier molecular flexibility index (Phi) is 2.94. The highest BCUT2D eigenvalue weighted by Crippen LogP contribution is 2.28. The van der Waals surface area contributed by atoms with Crippen LogP contribution >= 0.6 is 0 Å². The summed E-state index contributed by atoms with van der Waals surface area (Å²) in [7, 11) is 0. The van der Waals surface area contributed by atoms with E-state index in [2.05, 4.69) is 12.7 Å². The lowest BCUT2D eigenvalue weighted by Crippen LogP contribution is -2.21. The van der Waals surface area contributed by atoms with Gasteiger partial charge in [0.2, 0.25) is 0 Å². The van der Waals surface area contributed by atoms with E-state index in [0.717, 1.165) is 18.4 Å². The molecule has 0 aromatic heterocycles. The van der Waals surface area contributed by atoms with Crippen molar-refractivity contribution in [1.29, 1.82) is 0 Å². The van der Waals surface area contributed by atoms with Crippen molar-refractivity contribution in [2.24, 2.45) is 17.6 Å². The molecule has 1 saturated carbocycles. The van der Waals surface area contributed by atoms with Gasteiger partial charge in [0, 0.05) is 0 Å². The van der Waals surface area contributed by atoms with E-state index < -0.39 is 0 Å². The molecule has 0 radical (unpaired) electrons. The lowest BCUT2D eigenvalue weighted by Gasteiger charge is -2.25. The van der Waals surface area contributed by atoms with Crippen LogP contribution in [0.1, 0.15) is 25.7 Å². The van der Waals surface area contributed by atoms with Crippen LogP contribution in [0.4, 0.5) is 0 Å². The van der Waals surface area contributed by atoms with Crippen molar-refractivity contribution in [3.05, 3.63) is 12.7 Å². The molecule has 58 valence electrons. The molecular weight excluding hydrogens is 122 g/mol. The number of rotatable bonds is 2. The maximum Gasteiger partial charge on any atom is -0.00487 e. The third kappa shape index (κ3) is 1.84. The molecule has 0 aromatic carbocycles. The van der Waals surface area contributed by atoms with Crippen LogP contribution < -0.4 is 5.73 Å². The summed E-state index contributed by atoms with van der Waals surface area (Å²) in [6.45, 7) is 4.68. The van der Waals surface area contributed by atoms with E-state index in [-0.39, 0.29) is 0 Å². The van der Waals surface area contributed by atoms with Crippen LogP contribution in [0.25, 0.3) is 0 Å². The molecule has 1 nitrogen and oxygen atoms in total. The number of nitrogens with two attached hydrogens (primary N) is 1. The van der Waals surface area contributed by atoms with Crippen molar-refractivity contribution in [1.82, 2.24) is 0 Å². The summed E-state index contributed by atoms with van der Waals surface area (Å²) in [6.07, 6.45) is 7.38. The molecule has 0 amide bonds. The molecule has 0 bridgehead atoms. The van der Waals surface area contributed by atoms with Crippen LogP contribution in [0.2, 0.25) is 0 Å². The average molecular weight is 139 g/mol. The number of hydrogen-bond donors (Lipinski definition) is 1. The van der Waals surface area contributed by atoms with Gasteiger partial charge in [-0.3, -0.25) is 0 Å². The third-order valence-electron chi connectivity index (χ3n) is 2.49. The first kappa shape index (κ1) is 7.80. The Labute approximate surface area is 63.3 Å². The van der Waals surface area contributed by atoms with Crippen LogP contribution in [0.15, 0.2) is 12.7 Å². The molecule has 10 heavy (non-hydrogen) atoms. The third-order valence-corrected chi connectivity index (χ3v) is 2.49. The van der Waals surface area contributed by atoms with Crippen LogP contribution in [0.3, 0.4) is 0 Å². The van der Waals surface area contributed by atoms with Crippen molar-refractivity contribution in [2.45, 2.75) is 25.7 Å². The van der Waals surface area contributed by atoms with E-state index in [1.54, 1.807) is 0 Å². The molecule has 1 aliphatic rings. The van der Waals surface area contributed by atoms with Gasteiger partial charge in [-0.1, -0.05) is 12.5 Å². The van der Waals surface area contributed by atoms with E-state index in [9.17, 15) is 0 Å². The van der Waals surface area contributed by atoms with E-state index in [0.29, 0.717) is 0 Å². The summed E-state index contributed by atoms with van der Waals surface area (Å²) in [5.41, 5.74) is 5.59. The quantitative estimate of drug-likeness (QED) is 0.581. The van der Waals surface area contributed by atoms with Gasteiger partial charge >= 0.3 is 0 Å². The maximum absolute atomic E-state index is 5.59. The van der Waals surface area contributed by atoms with Crippen molar-refractivity contribution in [3.8, 4) is 0 Å². The minimum Gasteiger partial charge on any atom is -0.330 e. The van der Waals surface area contributed by atoms with Crippen molar-refractivity contribution in [2.75, 3.05) is 6.54 Å². The van der Waals surface area contributed by atoms with Gasteiger partial charge in [-0.05, 0) is 37.6 Å². The maximum atomic E-state index is 5.59. The second-order valence-electron chi connectivity index (χ2n) is 3.26. The van der Waals surface area contributed by atoms with Crippen LogP contribution in [-0.2, 0) is 0 Å². The molecule has 0 spiro atoms. The van der Waals surface area contributed by atoms with Gasteiger partial charge in [-0.15, -0.1) is 6.58 Å². The smallest absolute Gasteiger partial charge is 0.00487 e. The summed E-state index contributed by atoms with van der Waals surface area (Å²) in [5, 5.41) is 0. The molecule has 1 rings (SSSR count). The monoisotopic (exact) mass is 139 g/mol. The summed E-state index contributed by atoms with van der Waals surface area (Å²) in [5.74, 6) is 1.53. The highest BCUT2D eigenvalue weighted by Gasteiger charge is 2.17.